The summed E-state index contributed by atoms with van der Waals surface area (Å²) in [5.74, 6) is 0. The van der Waals surface area contributed by atoms with Gasteiger partial charge in [-0.3, -0.25) is 0 Å². The molecule has 0 aromatic heterocycles. The van der Waals surface area contributed by atoms with Gasteiger partial charge in [0.2, 0.25) is 0 Å². The first-order chi connectivity index (χ1) is 6.72. The summed E-state index contributed by atoms with van der Waals surface area (Å²) in [6.07, 6.45) is 0. The molecule has 0 aliphatic carbocycles. The van der Waals surface area contributed by atoms with E-state index in [0.717, 1.165) is 24.3 Å². The van der Waals surface area contributed by atoms with Crippen LogP contribution in [0.25, 0.3) is 0 Å². The molecule has 0 saturated carbocycles. The summed E-state index contributed by atoms with van der Waals surface area (Å²) in [6.45, 7) is 7.84. The first kappa shape index (κ1) is 10.8. The summed E-state index contributed by atoms with van der Waals surface area (Å²) in [6, 6.07) is 5.76. The standard InChI is InChI=1S/C11H17FN2/c1-4-14(5-2)11-7-6-9(3)8-10(11)13-12/h6-8,13H,4-5H2,1-3H3. The van der Waals surface area contributed by atoms with E-state index in [1.807, 2.05) is 25.1 Å². The van der Waals surface area contributed by atoms with E-state index < -0.39 is 0 Å². The van der Waals surface area contributed by atoms with Gasteiger partial charge in [-0.2, -0.15) is 0 Å². The zero-order chi connectivity index (χ0) is 10.6. The number of nitrogens with one attached hydrogen (secondary N) is 1. The van der Waals surface area contributed by atoms with Crippen molar-refractivity contribution >= 4 is 11.4 Å². The average Bonchev–Trinajstić information content (AvgIpc) is 2.21. The van der Waals surface area contributed by atoms with E-state index >= 15 is 0 Å². The van der Waals surface area contributed by atoms with Gasteiger partial charge in [0, 0.05) is 13.1 Å². The highest BCUT2D eigenvalue weighted by molar-refractivity contribution is 5.70. The largest absolute Gasteiger partial charge is 0.370 e. The minimum atomic E-state index is 0.550. The Hall–Kier alpha value is -1.25. The molecule has 0 unspecified atom stereocenters. The highest BCUT2D eigenvalue weighted by Crippen LogP contribution is 2.26. The van der Waals surface area contributed by atoms with Crippen LogP contribution in [0.2, 0.25) is 0 Å². The van der Waals surface area contributed by atoms with Gasteiger partial charge in [-0.25, -0.2) is 5.54 Å². The third-order valence-electron chi connectivity index (χ3n) is 2.36. The van der Waals surface area contributed by atoms with Crippen molar-refractivity contribution in [3.8, 4) is 0 Å². The number of anilines is 2. The van der Waals surface area contributed by atoms with Gasteiger partial charge in [0.15, 0.2) is 0 Å². The monoisotopic (exact) mass is 196 g/mol. The third-order valence-corrected chi connectivity index (χ3v) is 2.36. The fraction of sp³-hybridized carbons (Fsp3) is 0.455. The number of halogens is 1. The van der Waals surface area contributed by atoms with Crippen LogP contribution >= 0.6 is 0 Å². The van der Waals surface area contributed by atoms with Crippen LogP contribution in [0.5, 0.6) is 0 Å². The molecule has 3 heteroatoms. The van der Waals surface area contributed by atoms with Crippen LogP contribution in [-0.2, 0) is 0 Å². The van der Waals surface area contributed by atoms with Crippen LogP contribution in [-0.4, -0.2) is 13.1 Å². The van der Waals surface area contributed by atoms with Crippen molar-refractivity contribution in [2.45, 2.75) is 20.8 Å². The fourth-order valence-electron chi connectivity index (χ4n) is 1.57. The smallest absolute Gasteiger partial charge is 0.0891 e. The van der Waals surface area contributed by atoms with Crippen LogP contribution < -0.4 is 10.4 Å². The first-order valence-electron chi connectivity index (χ1n) is 4.95. The zero-order valence-electron chi connectivity index (χ0n) is 8.97. The van der Waals surface area contributed by atoms with Gasteiger partial charge < -0.3 is 4.90 Å². The maximum absolute atomic E-state index is 12.5. The van der Waals surface area contributed by atoms with Gasteiger partial charge in [0.05, 0.1) is 11.4 Å². The van der Waals surface area contributed by atoms with Gasteiger partial charge in [-0.1, -0.05) is 6.07 Å². The van der Waals surface area contributed by atoms with E-state index in [1.165, 1.54) is 0 Å². The maximum Gasteiger partial charge on any atom is 0.0891 e. The Morgan fingerprint density at radius 1 is 1.29 bits per heavy atom. The summed E-state index contributed by atoms with van der Waals surface area (Å²) in [5, 5.41) is 0. The topological polar surface area (TPSA) is 15.3 Å². The normalized spacial score (nSPS) is 10.0. The summed E-state index contributed by atoms with van der Waals surface area (Å²) in [4.78, 5) is 2.11. The molecule has 0 atom stereocenters. The number of benzene rings is 1. The van der Waals surface area contributed by atoms with E-state index in [2.05, 4.69) is 18.7 Å². The lowest BCUT2D eigenvalue weighted by Crippen LogP contribution is -2.22. The Morgan fingerprint density at radius 2 is 1.93 bits per heavy atom. The minimum absolute atomic E-state index is 0.550. The SMILES string of the molecule is CCN(CC)c1ccc(C)cc1NF. The molecular formula is C11H17FN2. The average molecular weight is 196 g/mol. The maximum atomic E-state index is 12.5. The number of hydrogen-bond acceptors (Lipinski definition) is 2. The fourth-order valence-corrected chi connectivity index (χ4v) is 1.57. The molecule has 1 N–H and O–H groups in total. The number of aryl methyl sites for hydroxylation is 1. The quantitative estimate of drug-likeness (QED) is 0.744. The van der Waals surface area contributed by atoms with E-state index in [9.17, 15) is 4.48 Å². The van der Waals surface area contributed by atoms with Gasteiger partial charge in [-0.05, 0) is 38.5 Å². The lowest BCUT2D eigenvalue weighted by Gasteiger charge is -2.23. The van der Waals surface area contributed by atoms with Crippen molar-refractivity contribution in [2.24, 2.45) is 0 Å². The van der Waals surface area contributed by atoms with E-state index in [-0.39, 0.29) is 0 Å². The molecule has 0 amide bonds. The second-order valence-electron chi connectivity index (χ2n) is 3.29. The van der Waals surface area contributed by atoms with Gasteiger partial charge in [0.1, 0.15) is 0 Å². The predicted molar refractivity (Wildman–Crippen MR) is 59.5 cm³/mol. The second-order valence-corrected chi connectivity index (χ2v) is 3.29. The molecule has 0 heterocycles. The van der Waals surface area contributed by atoms with Gasteiger partial charge in [0.25, 0.3) is 0 Å². The molecule has 14 heavy (non-hydrogen) atoms. The second kappa shape index (κ2) is 4.84. The molecule has 1 aromatic carbocycles. The van der Waals surface area contributed by atoms with Crippen molar-refractivity contribution in [1.82, 2.24) is 0 Å². The Morgan fingerprint density at radius 3 is 2.43 bits per heavy atom. The molecule has 0 radical (unpaired) electrons. The van der Waals surface area contributed by atoms with Crippen LogP contribution in [0.1, 0.15) is 19.4 Å². The number of rotatable bonds is 4. The molecule has 0 aliphatic rings. The van der Waals surface area contributed by atoms with Gasteiger partial charge >= 0.3 is 0 Å². The third kappa shape index (κ3) is 2.16. The lowest BCUT2D eigenvalue weighted by atomic mass is 10.2. The van der Waals surface area contributed by atoms with Gasteiger partial charge in [-0.15, -0.1) is 4.48 Å². The molecule has 1 aromatic rings. The zero-order valence-corrected chi connectivity index (χ0v) is 8.97. The molecular weight excluding hydrogens is 179 g/mol. The molecule has 0 aliphatic heterocycles. The van der Waals surface area contributed by atoms with E-state index in [1.54, 1.807) is 5.54 Å². The highest BCUT2D eigenvalue weighted by Gasteiger charge is 2.07. The number of nitrogens with zero attached hydrogens (tertiary/aromatic N) is 1. The van der Waals surface area contributed by atoms with Crippen molar-refractivity contribution in [3.05, 3.63) is 23.8 Å². The van der Waals surface area contributed by atoms with Crippen molar-refractivity contribution in [3.63, 3.8) is 0 Å². The molecule has 2 nitrogen and oxygen atoms in total. The predicted octanol–water partition coefficient (Wildman–Crippen LogP) is 3.14. The van der Waals surface area contributed by atoms with Crippen molar-refractivity contribution in [1.29, 1.82) is 0 Å². The Labute approximate surface area is 84.7 Å². The highest BCUT2D eigenvalue weighted by atomic mass is 19.2. The molecule has 0 saturated heterocycles. The Bertz CT molecular complexity index is 295. The molecule has 1 rings (SSSR count). The van der Waals surface area contributed by atoms with Crippen LogP contribution in [0.4, 0.5) is 15.9 Å². The first-order valence-corrected chi connectivity index (χ1v) is 4.95. The van der Waals surface area contributed by atoms with Crippen molar-refractivity contribution < 1.29 is 4.48 Å². The lowest BCUT2D eigenvalue weighted by molar-refractivity contribution is 0.616. The Balaban J connectivity index is 3.06. The molecule has 0 bridgehead atoms. The molecule has 0 fully saturated rings. The Kier molecular flexibility index (Phi) is 3.74. The molecule has 0 spiro atoms. The summed E-state index contributed by atoms with van der Waals surface area (Å²) in [7, 11) is 0. The van der Waals surface area contributed by atoms with Crippen LogP contribution in [0, 0.1) is 6.92 Å². The number of hydrogen-bond donors (Lipinski definition) is 1. The summed E-state index contributed by atoms with van der Waals surface area (Å²) < 4.78 is 12.5. The van der Waals surface area contributed by atoms with Crippen LogP contribution in [0.3, 0.4) is 0 Å². The van der Waals surface area contributed by atoms with E-state index in [4.69, 9.17) is 0 Å². The van der Waals surface area contributed by atoms with Crippen molar-refractivity contribution in [2.75, 3.05) is 23.5 Å². The van der Waals surface area contributed by atoms with Crippen LogP contribution in [0.15, 0.2) is 18.2 Å². The summed E-state index contributed by atoms with van der Waals surface area (Å²) in [5.41, 5.74) is 4.27. The molecule has 78 valence electrons. The van der Waals surface area contributed by atoms with E-state index in [0.29, 0.717) is 5.69 Å². The summed E-state index contributed by atoms with van der Waals surface area (Å²) >= 11 is 0. The minimum Gasteiger partial charge on any atom is -0.370 e.